The first kappa shape index (κ1) is 24.1. The van der Waals surface area contributed by atoms with Gasteiger partial charge in [-0.25, -0.2) is 4.79 Å². The fourth-order valence-corrected chi connectivity index (χ4v) is 1.99. The van der Waals surface area contributed by atoms with Crippen LogP contribution in [0.15, 0.2) is 0 Å². The molecule has 0 aromatic carbocycles. The maximum absolute atomic E-state index is 12.0. The Hall–Kier alpha value is -1.15. The molecule has 23 heavy (non-hydrogen) atoms. The Bertz CT molecular complexity index is 402. The van der Waals surface area contributed by atoms with Gasteiger partial charge in [-0.05, 0) is 31.6 Å². The zero-order valence-corrected chi connectivity index (χ0v) is 16.2. The molecule has 0 rings (SSSR count). The van der Waals surface area contributed by atoms with Crippen molar-refractivity contribution in [2.45, 2.75) is 65.6 Å². The highest BCUT2D eigenvalue weighted by atomic mass is 79.9. The van der Waals surface area contributed by atoms with Crippen molar-refractivity contribution in [3.05, 3.63) is 0 Å². The van der Waals surface area contributed by atoms with Crippen molar-refractivity contribution >= 4 is 34.8 Å². The maximum atomic E-state index is 12.0. The number of carbonyl (C=O) groups is 3. The minimum absolute atomic E-state index is 0. The van der Waals surface area contributed by atoms with Crippen LogP contribution < -0.4 is 16.4 Å². The third-order valence-corrected chi connectivity index (χ3v) is 3.14. The average molecular weight is 396 g/mol. The smallest absolute Gasteiger partial charge is 0.326 e. The standard InChI is InChI=1S/C15H29N3O4.BrH/c1-8(2)6-11(16)14(20)17-10(5)13(19)18-12(15(21)22)7-9(3)4;/h8-12H,6-7,16H2,1-5H3,(H,17,20)(H,18,19)(H,21,22);1H. The molecule has 0 aliphatic rings. The van der Waals surface area contributed by atoms with Gasteiger partial charge in [-0.1, -0.05) is 27.7 Å². The Morgan fingerprint density at radius 2 is 1.39 bits per heavy atom. The number of hydrogen-bond donors (Lipinski definition) is 4. The van der Waals surface area contributed by atoms with E-state index < -0.39 is 35.9 Å². The fourth-order valence-electron chi connectivity index (χ4n) is 1.99. The molecule has 0 heterocycles. The van der Waals surface area contributed by atoms with E-state index in [-0.39, 0.29) is 28.8 Å². The summed E-state index contributed by atoms with van der Waals surface area (Å²) in [5, 5.41) is 14.1. The van der Waals surface area contributed by atoms with E-state index in [1.807, 2.05) is 27.7 Å². The van der Waals surface area contributed by atoms with Gasteiger partial charge in [0.1, 0.15) is 12.1 Å². The maximum Gasteiger partial charge on any atom is 0.326 e. The van der Waals surface area contributed by atoms with Crippen molar-refractivity contribution in [3.8, 4) is 0 Å². The van der Waals surface area contributed by atoms with Crippen LogP contribution in [0.25, 0.3) is 0 Å². The van der Waals surface area contributed by atoms with Gasteiger partial charge < -0.3 is 21.5 Å². The van der Waals surface area contributed by atoms with Crippen molar-refractivity contribution in [1.82, 2.24) is 10.6 Å². The van der Waals surface area contributed by atoms with Crippen LogP contribution >= 0.6 is 17.0 Å². The molecule has 0 aromatic heterocycles. The van der Waals surface area contributed by atoms with Crippen LogP contribution in [0.5, 0.6) is 0 Å². The first-order valence-electron chi connectivity index (χ1n) is 7.63. The Balaban J connectivity index is 0. The Labute approximate surface area is 148 Å². The molecule has 0 aliphatic carbocycles. The molecule has 5 N–H and O–H groups in total. The van der Waals surface area contributed by atoms with Crippen molar-refractivity contribution in [1.29, 1.82) is 0 Å². The van der Waals surface area contributed by atoms with Gasteiger partial charge in [-0.3, -0.25) is 9.59 Å². The molecular weight excluding hydrogens is 366 g/mol. The van der Waals surface area contributed by atoms with Crippen LogP contribution in [0.3, 0.4) is 0 Å². The van der Waals surface area contributed by atoms with Gasteiger partial charge in [-0.15, -0.1) is 17.0 Å². The van der Waals surface area contributed by atoms with Gasteiger partial charge in [0.2, 0.25) is 11.8 Å². The van der Waals surface area contributed by atoms with E-state index >= 15 is 0 Å². The molecule has 0 fully saturated rings. The first-order valence-corrected chi connectivity index (χ1v) is 7.63. The lowest BCUT2D eigenvalue weighted by molar-refractivity contribution is -0.142. The van der Waals surface area contributed by atoms with E-state index in [0.29, 0.717) is 12.8 Å². The van der Waals surface area contributed by atoms with E-state index in [1.165, 1.54) is 6.92 Å². The third kappa shape index (κ3) is 10.3. The predicted molar refractivity (Wildman–Crippen MR) is 94.4 cm³/mol. The van der Waals surface area contributed by atoms with Gasteiger partial charge in [0.15, 0.2) is 0 Å². The molecule has 0 radical (unpaired) electrons. The van der Waals surface area contributed by atoms with Crippen LogP contribution in [-0.2, 0) is 14.4 Å². The van der Waals surface area contributed by atoms with Crippen LogP contribution in [0.1, 0.15) is 47.5 Å². The highest BCUT2D eigenvalue weighted by Gasteiger charge is 2.25. The summed E-state index contributed by atoms with van der Waals surface area (Å²) in [7, 11) is 0. The number of hydrogen-bond acceptors (Lipinski definition) is 4. The van der Waals surface area contributed by atoms with Crippen molar-refractivity contribution in [3.63, 3.8) is 0 Å². The minimum Gasteiger partial charge on any atom is -0.480 e. The quantitative estimate of drug-likeness (QED) is 0.464. The number of carboxylic acids is 1. The molecule has 3 atom stereocenters. The summed E-state index contributed by atoms with van der Waals surface area (Å²) in [6.45, 7) is 9.15. The van der Waals surface area contributed by atoms with Crippen LogP contribution in [0.4, 0.5) is 0 Å². The Kier molecular flexibility index (Phi) is 11.9. The molecular formula is C15H30BrN3O4. The summed E-state index contributed by atoms with van der Waals surface area (Å²) < 4.78 is 0. The van der Waals surface area contributed by atoms with Gasteiger partial charge in [0.05, 0.1) is 6.04 Å². The monoisotopic (exact) mass is 395 g/mol. The van der Waals surface area contributed by atoms with E-state index in [9.17, 15) is 14.4 Å². The first-order chi connectivity index (χ1) is 10.0. The van der Waals surface area contributed by atoms with Gasteiger partial charge in [0, 0.05) is 0 Å². The summed E-state index contributed by atoms with van der Waals surface area (Å²) in [6, 6.07) is -2.47. The molecule has 7 nitrogen and oxygen atoms in total. The SMILES string of the molecule is Br.CC(C)CC(N)C(=O)NC(C)C(=O)NC(CC(C)C)C(=O)O. The molecule has 8 heteroatoms. The molecule has 2 amide bonds. The summed E-state index contributed by atoms with van der Waals surface area (Å²) >= 11 is 0. The largest absolute Gasteiger partial charge is 0.480 e. The van der Waals surface area contributed by atoms with Crippen LogP contribution in [-0.4, -0.2) is 41.0 Å². The zero-order chi connectivity index (χ0) is 17.4. The lowest BCUT2D eigenvalue weighted by atomic mass is 10.0. The molecule has 0 aliphatic heterocycles. The molecule has 0 saturated carbocycles. The summed E-state index contributed by atoms with van der Waals surface area (Å²) in [5.41, 5.74) is 5.74. The topological polar surface area (TPSA) is 122 Å². The molecule has 0 saturated heterocycles. The van der Waals surface area contributed by atoms with E-state index in [4.69, 9.17) is 10.8 Å². The minimum atomic E-state index is -1.09. The van der Waals surface area contributed by atoms with E-state index in [1.54, 1.807) is 0 Å². The van der Waals surface area contributed by atoms with Crippen LogP contribution in [0, 0.1) is 11.8 Å². The summed E-state index contributed by atoms with van der Waals surface area (Å²) in [6.07, 6.45) is 0.847. The van der Waals surface area contributed by atoms with Crippen molar-refractivity contribution in [2.24, 2.45) is 17.6 Å². The van der Waals surface area contributed by atoms with E-state index in [0.717, 1.165) is 0 Å². The van der Waals surface area contributed by atoms with Crippen molar-refractivity contribution < 1.29 is 19.5 Å². The van der Waals surface area contributed by atoms with Gasteiger partial charge in [-0.2, -0.15) is 0 Å². The third-order valence-electron chi connectivity index (χ3n) is 3.14. The molecule has 0 spiro atoms. The number of halogens is 1. The highest BCUT2D eigenvalue weighted by molar-refractivity contribution is 8.93. The number of aliphatic carboxylic acids is 1. The lowest BCUT2D eigenvalue weighted by Crippen LogP contribution is -2.53. The number of nitrogens with two attached hydrogens (primary N) is 1. The Morgan fingerprint density at radius 1 is 0.913 bits per heavy atom. The van der Waals surface area contributed by atoms with E-state index in [2.05, 4.69) is 10.6 Å². The van der Waals surface area contributed by atoms with Gasteiger partial charge >= 0.3 is 5.97 Å². The number of nitrogens with one attached hydrogen (secondary N) is 2. The second kappa shape index (κ2) is 11.4. The van der Waals surface area contributed by atoms with Gasteiger partial charge in [0.25, 0.3) is 0 Å². The predicted octanol–water partition coefficient (Wildman–Crippen LogP) is 1.06. The number of rotatable bonds is 9. The summed E-state index contributed by atoms with van der Waals surface area (Å²) in [4.78, 5) is 35.0. The summed E-state index contributed by atoms with van der Waals surface area (Å²) in [5.74, 6) is -1.62. The molecule has 0 aromatic rings. The van der Waals surface area contributed by atoms with Crippen LogP contribution in [0.2, 0.25) is 0 Å². The zero-order valence-electron chi connectivity index (χ0n) is 14.5. The molecule has 3 unspecified atom stereocenters. The molecule has 0 bridgehead atoms. The molecule has 136 valence electrons. The van der Waals surface area contributed by atoms with Crippen molar-refractivity contribution in [2.75, 3.05) is 0 Å². The number of carbonyl (C=O) groups excluding carboxylic acids is 2. The normalized spacial score (nSPS) is 14.6. The number of carboxylic acid groups (broad SMARTS) is 1. The second-order valence-corrected chi connectivity index (χ2v) is 6.50. The number of amides is 2. The highest BCUT2D eigenvalue weighted by Crippen LogP contribution is 2.06. The lowest BCUT2D eigenvalue weighted by Gasteiger charge is -2.21. The Morgan fingerprint density at radius 3 is 1.78 bits per heavy atom. The average Bonchev–Trinajstić information content (AvgIpc) is 2.35. The second-order valence-electron chi connectivity index (χ2n) is 6.50. The fraction of sp³-hybridized carbons (Fsp3) is 0.800.